The van der Waals surface area contributed by atoms with Gasteiger partial charge in [-0.25, -0.2) is 4.79 Å². The van der Waals surface area contributed by atoms with E-state index < -0.39 is 20.0 Å². The summed E-state index contributed by atoms with van der Waals surface area (Å²) in [6.45, 7) is 10.2. The van der Waals surface area contributed by atoms with Crippen LogP contribution in [-0.2, 0) is 4.74 Å². The topological polar surface area (TPSA) is 78.9 Å². The molecule has 1 heterocycles. The van der Waals surface area contributed by atoms with E-state index in [-0.39, 0.29) is 11.9 Å². The molecule has 0 spiro atoms. The van der Waals surface area contributed by atoms with Crippen LogP contribution in [0.1, 0.15) is 37.6 Å². The van der Waals surface area contributed by atoms with E-state index in [4.69, 9.17) is 4.74 Å². The number of nitrogens with zero attached hydrogens (tertiary/aromatic N) is 1. The van der Waals surface area contributed by atoms with Gasteiger partial charge in [0.25, 0.3) is 5.91 Å². The molecule has 7 heteroatoms. The van der Waals surface area contributed by atoms with E-state index in [1.807, 2.05) is 46.0 Å². The maximum Gasteiger partial charge on any atom is 0.407 e. The molecule has 138 valence electrons. The molecule has 0 aromatic heterocycles. The molecule has 1 aromatic rings. The number of likely N-dealkylation sites (tertiary alicyclic amines) is 1. The summed E-state index contributed by atoms with van der Waals surface area (Å²) in [5, 5.41) is 3.72. The van der Waals surface area contributed by atoms with Crippen molar-refractivity contribution in [1.29, 1.82) is 0 Å². The van der Waals surface area contributed by atoms with Gasteiger partial charge in [0.1, 0.15) is 5.60 Å². The van der Waals surface area contributed by atoms with E-state index in [1.54, 1.807) is 17.0 Å². The fourth-order valence-corrected chi connectivity index (χ4v) is 3.72. The van der Waals surface area contributed by atoms with Crippen LogP contribution >= 0.6 is 0 Å². The minimum Gasteiger partial charge on any atom is -0.444 e. The van der Waals surface area contributed by atoms with Gasteiger partial charge in [0.05, 0.1) is 6.04 Å². The van der Waals surface area contributed by atoms with E-state index >= 15 is 0 Å². The molecule has 0 aliphatic carbocycles. The summed E-state index contributed by atoms with van der Waals surface area (Å²) in [5.74, 6) is -0.0579. The van der Waals surface area contributed by atoms with Gasteiger partial charge in [-0.15, -0.1) is 0 Å². The smallest absolute Gasteiger partial charge is 0.407 e. The minimum absolute atomic E-state index is 0.0579. The number of rotatable bonds is 3. The van der Waals surface area contributed by atoms with Crippen molar-refractivity contribution in [2.24, 2.45) is 0 Å². The van der Waals surface area contributed by atoms with Crippen LogP contribution in [0, 0.1) is 0 Å². The highest BCUT2D eigenvalue weighted by Crippen LogP contribution is 2.15. The zero-order chi connectivity index (χ0) is 18.8. The van der Waals surface area contributed by atoms with E-state index in [0.29, 0.717) is 25.1 Å². The summed E-state index contributed by atoms with van der Waals surface area (Å²) >= 11 is 0. The van der Waals surface area contributed by atoms with Gasteiger partial charge in [-0.3, -0.25) is 4.79 Å². The first-order valence-electron chi connectivity index (χ1n) is 8.57. The number of carbonyl (C=O) groups is 2. The predicted molar refractivity (Wildman–Crippen MR) is 99.5 cm³/mol. The fraction of sp³-hybridized carbons (Fsp3) is 0.556. The summed E-state index contributed by atoms with van der Waals surface area (Å²) in [7, 11) is -2.36. The van der Waals surface area contributed by atoms with Crippen LogP contribution < -0.4 is 10.5 Å². The van der Waals surface area contributed by atoms with Crippen LogP contribution in [0.5, 0.6) is 0 Å². The van der Waals surface area contributed by atoms with Gasteiger partial charge in [0.15, 0.2) is 0 Å². The molecule has 1 fully saturated rings. The van der Waals surface area contributed by atoms with E-state index in [2.05, 4.69) is 5.32 Å². The molecule has 25 heavy (non-hydrogen) atoms. The molecule has 2 rings (SSSR count). The second-order valence-electron chi connectivity index (χ2n) is 8.02. The number of ether oxygens (including phenoxy) is 1. The average Bonchev–Trinajstić information content (AvgIpc) is 2.92. The van der Waals surface area contributed by atoms with Crippen molar-refractivity contribution in [2.45, 2.75) is 51.9 Å². The number of alkyl carbamates (subject to hydrolysis) is 1. The third kappa shape index (κ3) is 5.57. The van der Waals surface area contributed by atoms with Crippen LogP contribution in [0.15, 0.2) is 24.3 Å². The lowest BCUT2D eigenvalue weighted by Crippen LogP contribution is -2.42. The Morgan fingerprint density at radius 3 is 2.36 bits per heavy atom. The van der Waals surface area contributed by atoms with E-state index in [9.17, 15) is 14.4 Å². The van der Waals surface area contributed by atoms with Gasteiger partial charge in [0.2, 0.25) is 8.32 Å². The molecule has 1 atom stereocenters. The summed E-state index contributed by atoms with van der Waals surface area (Å²) in [5.41, 5.74) is 0.0592. The van der Waals surface area contributed by atoms with Gasteiger partial charge in [-0.2, -0.15) is 0 Å². The maximum absolute atomic E-state index is 12.6. The normalized spacial score (nSPS) is 18.2. The van der Waals surface area contributed by atoms with Crippen molar-refractivity contribution in [2.75, 3.05) is 13.1 Å². The summed E-state index contributed by atoms with van der Waals surface area (Å²) < 4.78 is 5.25. The van der Waals surface area contributed by atoms with Crippen LogP contribution in [0.4, 0.5) is 4.79 Å². The van der Waals surface area contributed by atoms with Crippen molar-refractivity contribution in [3.05, 3.63) is 29.8 Å². The molecule has 1 aromatic carbocycles. The number of carbonyl (C=O) groups excluding carboxylic acids is 2. The minimum atomic E-state index is -2.36. The maximum atomic E-state index is 12.6. The van der Waals surface area contributed by atoms with Gasteiger partial charge >= 0.3 is 6.09 Å². The van der Waals surface area contributed by atoms with Crippen LogP contribution in [0.2, 0.25) is 13.1 Å². The van der Waals surface area contributed by atoms with Gasteiger partial charge in [-0.1, -0.05) is 12.1 Å². The highest BCUT2D eigenvalue weighted by atomic mass is 28.4. The highest BCUT2D eigenvalue weighted by molar-refractivity contribution is 6.83. The molecular weight excluding hydrogens is 336 g/mol. The fourth-order valence-electron chi connectivity index (χ4n) is 2.74. The van der Waals surface area contributed by atoms with Crippen LogP contribution in [0.3, 0.4) is 0 Å². The lowest BCUT2D eigenvalue weighted by Gasteiger charge is -2.22. The SMILES string of the molecule is CC(C)(C)OC(=O)NC1CCN(C(=O)c2ccc([Si](C)(C)O)cc2)C1. The molecule has 1 aliphatic rings. The molecule has 1 aliphatic heterocycles. The van der Waals surface area contributed by atoms with Crippen LogP contribution in [-0.4, -0.2) is 54.7 Å². The van der Waals surface area contributed by atoms with Crippen molar-refractivity contribution in [3.63, 3.8) is 0 Å². The highest BCUT2D eigenvalue weighted by Gasteiger charge is 2.29. The third-order valence-electron chi connectivity index (χ3n) is 4.03. The molecule has 6 nitrogen and oxygen atoms in total. The zero-order valence-corrected chi connectivity index (χ0v) is 16.6. The lowest BCUT2D eigenvalue weighted by molar-refractivity contribution is 0.0502. The molecule has 2 N–H and O–H groups in total. The number of hydrogen-bond acceptors (Lipinski definition) is 4. The zero-order valence-electron chi connectivity index (χ0n) is 15.6. The number of amides is 2. The average molecular weight is 365 g/mol. The van der Waals surface area contributed by atoms with Gasteiger partial charge in [-0.05, 0) is 57.6 Å². The largest absolute Gasteiger partial charge is 0.444 e. The summed E-state index contributed by atoms with van der Waals surface area (Å²) in [4.78, 5) is 36.3. The second-order valence-corrected chi connectivity index (χ2v) is 11.7. The number of hydrogen-bond donors (Lipinski definition) is 2. The van der Waals surface area contributed by atoms with Crippen molar-refractivity contribution in [1.82, 2.24) is 10.2 Å². The Kier molecular flexibility index (Phi) is 5.58. The van der Waals surface area contributed by atoms with Gasteiger partial charge < -0.3 is 19.7 Å². The third-order valence-corrected chi connectivity index (χ3v) is 5.78. The lowest BCUT2D eigenvalue weighted by atomic mass is 10.2. The Labute approximate surface area is 150 Å². The molecule has 1 unspecified atom stereocenters. The molecule has 0 radical (unpaired) electrons. The van der Waals surface area contributed by atoms with Crippen molar-refractivity contribution >= 4 is 25.5 Å². The van der Waals surface area contributed by atoms with Crippen LogP contribution in [0.25, 0.3) is 0 Å². The second kappa shape index (κ2) is 7.17. The Bertz CT molecular complexity index is 632. The summed E-state index contributed by atoms with van der Waals surface area (Å²) in [6.07, 6.45) is 0.255. The van der Waals surface area contributed by atoms with Crippen molar-refractivity contribution < 1.29 is 19.1 Å². The molecule has 0 bridgehead atoms. The molecular formula is C18H28N2O4Si. The quantitative estimate of drug-likeness (QED) is 0.802. The Hall–Kier alpha value is -1.86. The Morgan fingerprint density at radius 1 is 1.24 bits per heavy atom. The van der Waals surface area contributed by atoms with E-state index in [1.165, 1.54) is 0 Å². The predicted octanol–water partition coefficient (Wildman–Crippen LogP) is 1.83. The van der Waals surface area contributed by atoms with E-state index in [0.717, 1.165) is 5.19 Å². The molecule has 0 saturated carbocycles. The standard InChI is InChI=1S/C18H28N2O4Si/c1-18(2,3)24-17(22)19-14-10-11-20(12-14)16(21)13-6-8-15(9-7-13)25(4,5)23/h6-9,14,23H,10-12H2,1-5H3,(H,19,22). The Balaban J connectivity index is 1.93. The van der Waals surface area contributed by atoms with Crippen molar-refractivity contribution in [3.8, 4) is 0 Å². The Morgan fingerprint density at radius 2 is 1.84 bits per heavy atom. The first-order valence-corrected chi connectivity index (χ1v) is 11.5. The number of nitrogens with one attached hydrogen (secondary N) is 1. The molecule has 2 amide bonds. The molecule has 1 saturated heterocycles. The first-order chi connectivity index (χ1) is 11.5. The summed E-state index contributed by atoms with van der Waals surface area (Å²) in [6, 6.07) is 7.08. The first kappa shape index (κ1) is 19.5. The number of benzene rings is 1. The van der Waals surface area contributed by atoms with Gasteiger partial charge in [0, 0.05) is 18.7 Å². The monoisotopic (exact) mass is 364 g/mol.